The van der Waals surface area contributed by atoms with Crippen LogP contribution in [0.1, 0.15) is 61.4 Å². The normalized spacial score (nSPS) is 13.8. The molecular weight excluding hydrogens is 396 g/mol. The van der Waals surface area contributed by atoms with Gasteiger partial charge in [-0.15, -0.1) is 21.5 Å². The number of nitrogens with one attached hydrogen (secondary N) is 1. The molecule has 28 heavy (non-hydrogen) atoms. The molecule has 0 aromatic carbocycles. The van der Waals surface area contributed by atoms with Crippen LogP contribution in [-0.4, -0.2) is 39.0 Å². The molecule has 2 heterocycles. The molecule has 0 unspecified atom stereocenters. The summed E-state index contributed by atoms with van der Waals surface area (Å²) < 4.78 is 7.31. The molecule has 152 valence electrons. The van der Waals surface area contributed by atoms with Gasteiger partial charge in [-0.1, -0.05) is 25.6 Å². The number of rotatable bonds is 9. The van der Waals surface area contributed by atoms with Gasteiger partial charge in [0.25, 0.3) is 0 Å². The molecule has 0 saturated heterocycles. The molecule has 0 spiro atoms. The number of carbonyl (C=O) groups excluding carboxylic acids is 2. The zero-order chi connectivity index (χ0) is 20.3. The molecule has 9 heteroatoms. The third-order valence-electron chi connectivity index (χ3n) is 4.31. The first-order valence-electron chi connectivity index (χ1n) is 9.52. The van der Waals surface area contributed by atoms with Crippen molar-refractivity contribution in [3.8, 4) is 0 Å². The lowest BCUT2D eigenvalue weighted by atomic mass is 10.0. The molecule has 1 amide bonds. The summed E-state index contributed by atoms with van der Waals surface area (Å²) in [6, 6.07) is 0.465. The van der Waals surface area contributed by atoms with Crippen molar-refractivity contribution in [2.45, 2.75) is 58.2 Å². The monoisotopic (exact) mass is 422 g/mol. The molecule has 1 fully saturated rings. The van der Waals surface area contributed by atoms with Crippen molar-refractivity contribution in [2.75, 3.05) is 17.7 Å². The minimum absolute atomic E-state index is 0.170. The van der Waals surface area contributed by atoms with Gasteiger partial charge in [-0.05, 0) is 50.0 Å². The smallest absolute Gasteiger partial charge is 0.341 e. The lowest BCUT2D eigenvalue weighted by molar-refractivity contribution is -0.113. The van der Waals surface area contributed by atoms with E-state index in [9.17, 15) is 9.59 Å². The first-order valence-corrected chi connectivity index (χ1v) is 11.4. The molecule has 2 aromatic rings. The van der Waals surface area contributed by atoms with Crippen LogP contribution in [0.3, 0.4) is 0 Å². The molecule has 0 bridgehead atoms. The number of nitrogens with zero attached hydrogens (tertiary/aromatic N) is 3. The fourth-order valence-electron chi connectivity index (χ4n) is 3.00. The number of aromatic nitrogens is 3. The van der Waals surface area contributed by atoms with Crippen LogP contribution in [0.15, 0.2) is 10.5 Å². The maximum absolute atomic E-state index is 12.5. The van der Waals surface area contributed by atoms with E-state index < -0.39 is 0 Å². The molecule has 0 atom stereocenters. The number of thioether (sulfide) groups is 1. The Morgan fingerprint density at radius 1 is 1.39 bits per heavy atom. The third kappa shape index (κ3) is 4.94. The number of ether oxygens (including phenoxy) is 1. The number of anilines is 1. The summed E-state index contributed by atoms with van der Waals surface area (Å²) in [5.41, 5.74) is 1.40. The number of thiophene rings is 1. The number of amides is 1. The molecule has 1 aliphatic rings. The zero-order valence-electron chi connectivity index (χ0n) is 16.7. The Bertz CT molecular complexity index is 855. The van der Waals surface area contributed by atoms with Gasteiger partial charge in [-0.25, -0.2) is 4.79 Å². The predicted molar refractivity (Wildman–Crippen MR) is 111 cm³/mol. The summed E-state index contributed by atoms with van der Waals surface area (Å²) in [6.45, 7) is 8.20. The van der Waals surface area contributed by atoms with E-state index in [-0.39, 0.29) is 17.6 Å². The Kier molecular flexibility index (Phi) is 6.77. The van der Waals surface area contributed by atoms with Gasteiger partial charge in [-0.2, -0.15) is 0 Å². The van der Waals surface area contributed by atoms with E-state index in [2.05, 4.69) is 33.9 Å². The van der Waals surface area contributed by atoms with Gasteiger partial charge >= 0.3 is 5.97 Å². The van der Waals surface area contributed by atoms with Crippen molar-refractivity contribution in [1.82, 2.24) is 14.8 Å². The summed E-state index contributed by atoms with van der Waals surface area (Å²) >= 11 is 2.74. The minimum Gasteiger partial charge on any atom is -0.462 e. The highest BCUT2D eigenvalue weighted by Crippen LogP contribution is 2.38. The molecule has 0 aliphatic heterocycles. The number of aryl methyl sites for hydroxylation is 1. The Hall–Kier alpha value is -1.87. The van der Waals surface area contributed by atoms with Crippen molar-refractivity contribution < 1.29 is 14.3 Å². The van der Waals surface area contributed by atoms with Crippen molar-refractivity contribution in [1.29, 1.82) is 0 Å². The Morgan fingerprint density at radius 3 is 2.79 bits per heavy atom. The van der Waals surface area contributed by atoms with Crippen molar-refractivity contribution in [2.24, 2.45) is 5.92 Å². The SMILES string of the molecule is CCOC(=O)c1c(CC(C)C)csc1NC(=O)CSc1nnc(C)n1C1CC1. The Morgan fingerprint density at radius 2 is 2.14 bits per heavy atom. The fraction of sp³-hybridized carbons (Fsp3) is 0.579. The van der Waals surface area contributed by atoms with Gasteiger partial charge < -0.3 is 14.6 Å². The number of carbonyl (C=O) groups is 2. The lowest BCUT2D eigenvalue weighted by Crippen LogP contribution is -2.17. The Labute approximate surface area is 173 Å². The second-order valence-electron chi connectivity index (χ2n) is 7.25. The van der Waals surface area contributed by atoms with Crippen LogP contribution in [0.25, 0.3) is 0 Å². The van der Waals surface area contributed by atoms with Gasteiger partial charge in [0.1, 0.15) is 10.8 Å². The van der Waals surface area contributed by atoms with Crippen LogP contribution in [0.4, 0.5) is 5.00 Å². The van der Waals surface area contributed by atoms with Crippen LogP contribution in [-0.2, 0) is 16.0 Å². The van der Waals surface area contributed by atoms with Gasteiger partial charge in [0, 0.05) is 6.04 Å². The second-order valence-corrected chi connectivity index (χ2v) is 9.07. The van der Waals surface area contributed by atoms with E-state index in [1.165, 1.54) is 23.1 Å². The van der Waals surface area contributed by atoms with Crippen LogP contribution < -0.4 is 5.32 Å². The standard InChI is InChI=1S/C19H26N4O3S2/c1-5-26-18(25)16-13(8-11(2)3)9-27-17(16)20-15(24)10-28-19-22-21-12(4)23(19)14-6-7-14/h9,11,14H,5-8,10H2,1-4H3,(H,20,24). The second kappa shape index (κ2) is 9.09. The Balaban J connectivity index is 1.68. The molecular formula is C19H26N4O3S2. The maximum Gasteiger partial charge on any atom is 0.341 e. The fourth-order valence-corrected chi connectivity index (χ4v) is 4.83. The highest BCUT2D eigenvalue weighted by molar-refractivity contribution is 7.99. The van der Waals surface area contributed by atoms with Crippen LogP contribution in [0.5, 0.6) is 0 Å². The van der Waals surface area contributed by atoms with Crippen LogP contribution in [0.2, 0.25) is 0 Å². The summed E-state index contributed by atoms with van der Waals surface area (Å²) in [5.74, 6) is 0.943. The average Bonchev–Trinajstić information content (AvgIpc) is 3.29. The number of esters is 1. The van der Waals surface area contributed by atoms with Gasteiger partial charge in [0.2, 0.25) is 5.91 Å². The van der Waals surface area contributed by atoms with E-state index in [4.69, 9.17) is 4.74 Å². The third-order valence-corrected chi connectivity index (χ3v) is 6.19. The van der Waals surface area contributed by atoms with E-state index >= 15 is 0 Å². The van der Waals surface area contributed by atoms with Gasteiger partial charge in [0.05, 0.1) is 17.9 Å². The first kappa shape index (κ1) is 20.9. The molecule has 1 saturated carbocycles. The quantitative estimate of drug-likeness (QED) is 0.484. The summed E-state index contributed by atoms with van der Waals surface area (Å²) in [4.78, 5) is 24.9. The molecule has 7 nitrogen and oxygen atoms in total. The highest BCUT2D eigenvalue weighted by atomic mass is 32.2. The predicted octanol–water partition coefficient (Wildman–Crippen LogP) is 4.09. The zero-order valence-corrected chi connectivity index (χ0v) is 18.3. The average molecular weight is 423 g/mol. The lowest BCUT2D eigenvalue weighted by Gasteiger charge is -2.10. The van der Waals surface area contributed by atoms with Crippen molar-refractivity contribution in [3.63, 3.8) is 0 Å². The number of hydrogen-bond acceptors (Lipinski definition) is 7. The summed E-state index contributed by atoms with van der Waals surface area (Å²) in [5, 5.41) is 14.5. The maximum atomic E-state index is 12.5. The van der Waals surface area contributed by atoms with Crippen LogP contribution in [0, 0.1) is 12.8 Å². The van der Waals surface area contributed by atoms with E-state index in [0.29, 0.717) is 29.1 Å². The van der Waals surface area contributed by atoms with Crippen LogP contribution >= 0.6 is 23.1 Å². The molecule has 1 aliphatic carbocycles. The van der Waals surface area contributed by atoms with Gasteiger partial charge in [-0.3, -0.25) is 4.79 Å². The van der Waals surface area contributed by atoms with Crippen molar-refractivity contribution in [3.05, 3.63) is 22.3 Å². The van der Waals surface area contributed by atoms with E-state index in [0.717, 1.165) is 35.8 Å². The molecule has 1 N–H and O–H groups in total. The number of hydrogen-bond donors (Lipinski definition) is 1. The highest BCUT2D eigenvalue weighted by Gasteiger charge is 2.29. The minimum atomic E-state index is -0.383. The summed E-state index contributed by atoms with van der Waals surface area (Å²) in [6.07, 6.45) is 3.03. The van der Waals surface area contributed by atoms with E-state index in [1.807, 2.05) is 12.3 Å². The first-order chi connectivity index (χ1) is 13.4. The van der Waals surface area contributed by atoms with Gasteiger partial charge in [0.15, 0.2) is 5.16 Å². The molecule has 2 aromatic heterocycles. The largest absolute Gasteiger partial charge is 0.462 e. The van der Waals surface area contributed by atoms with E-state index in [1.54, 1.807) is 6.92 Å². The topological polar surface area (TPSA) is 86.1 Å². The van der Waals surface area contributed by atoms with Crippen molar-refractivity contribution >= 4 is 40.0 Å². The molecule has 0 radical (unpaired) electrons. The summed E-state index contributed by atoms with van der Waals surface area (Å²) in [7, 11) is 0. The molecule has 3 rings (SSSR count).